The lowest BCUT2D eigenvalue weighted by atomic mass is 9.58. The maximum Gasteiger partial charge on any atom is 0.337 e. The number of methoxy groups -OCH3 is 1. The molecule has 11 heteroatoms. The van der Waals surface area contributed by atoms with Crippen LogP contribution in [-0.4, -0.2) is 59.5 Å². The molecular weight excluding hydrogens is 1240 g/mol. The summed E-state index contributed by atoms with van der Waals surface area (Å²) in [5.41, 5.74) is 15.6. The molecule has 11 nitrogen and oxygen atoms in total. The summed E-state index contributed by atoms with van der Waals surface area (Å²) >= 11 is 0. The molecule has 2 saturated carbocycles. The molecule has 512 valence electrons. The van der Waals surface area contributed by atoms with Crippen LogP contribution in [0.15, 0.2) is 280 Å². The smallest absolute Gasteiger partial charge is 0.337 e. The van der Waals surface area contributed by atoms with E-state index in [2.05, 4.69) is 208 Å². The number of ether oxygens (including phenoxy) is 4. The quantitative estimate of drug-likeness (QED) is 0.0365. The summed E-state index contributed by atoms with van der Waals surface area (Å²) in [7, 11) is 1.30. The number of carbonyl (C=O) groups is 4. The number of esters is 3. The van der Waals surface area contributed by atoms with Crippen molar-refractivity contribution >= 4 is 23.9 Å². The molecule has 0 spiro atoms. The van der Waals surface area contributed by atoms with E-state index in [0.717, 1.165) is 38.2 Å². The van der Waals surface area contributed by atoms with E-state index in [9.17, 15) is 29.4 Å². The third-order valence-corrected chi connectivity index (χ3v) is 19.0. The van der Waals surface area contributed by atoms with Gasteiger partial charge in [0.1, 0.15) is 23.0 Å². The van der Waals surface area contributed by atoms with Crippen LogP contribution in [0.3, 0.4) is 0 Å². The Morgan fingerprint density at radius 2 is 0.690 bits per heavy atom. The summed E-state index contributed by atoms with van der Waals surface area (Å²) in [6.07, 6.45) is 17.3. The van der Waals surface area contributed by atoms with Gasteiger partial charge in [0.05, 0.1) is 18.2 Å². The molecule has 0 atom stereocenters. The van der Waals surface area contributed by atoms with Crippen molar-refractivity contribution < 1.29 is 53.4 Å². The molecule has 0 radical (unpaired) electrons. The molecule has 1 heterocycles. The molecule has 3 aliphatic rings. The van der Waals surface area contributed by atoms with Gasteiger partial charge >= 0.3 is 23.9 Å². The van der Waals surface area contributed by atoms with Crippen LogP contribution in [0.4, 0.5) is 0 Å². The number of carboxylic acid groups (broad SMARTS) is 1. The van der Waals surface area contributed by atoms with Crippen LogP contribution in [0, 0.1) is 25.7 Å². The number of hydrogen-bond acceptors (Lipinski definition) is 10. The standard InChI is InChI=1S/C33H34.C31H30O2.C11H10O4.C10H8O4.C4H8O/c1-25-13-19-30(20-14-25)33(29-11-7-4-8-12-29,31-21-15-26(2)16-22-31)32-23-17-28(18-24-32)27-9-5-3-6-10-27;32-29-19-15-27(16-20-29)31(25-9-5-2-6-10-25,28-17-21-30(33)22-18-28)26-13-11-24(12-14-26)23-7-3-1-4-8-23;1-3-10(12)15-9-6-4-8(5-7-9)11(13)14-2;1-2-9(11)14-8-5-3-7(4-6-8)10(12)13;1-2-4-5-3-1/h3,5-6,9-10,13-24,29H,4,7-8,11-12H2,1-2H3;1,3-4,7-8,11-22,25,32-33H,2,5-6,9-10H2;3-7H,1H2,2H3;2-6H,1H2,(H,12,13);1-4H2. The lowest BCUT2D eigenvalue weighted by Gasteiger charge is -2.45. The van der Waals surface area contributed by atoms with Gasteiger partial charge in [-0.1, -0.05) is 245 Å². The van der Waals surface area contributed by atoms with Gasteiger partial charge in [-0.2, -0.15) is 0 Å². The molecule has 2 aliphatic carbocycles. The van der Waals surface area contributed by atoms with E-state index in [-0.39, 0.29) is 27.9 Å². The summed E-state index contributed by atoms with van der Waals surface area (Å²) in [5.74, 6) is -0.338. The first-order valence-electron chi connectivity index (χ1n) is 34.5. The zero-order valence-corrected chi connectivity index (χ0v) is 57.5. The van der Waals surface area contributed by atoms with E-state index in [1.54, 1.807) is 24.3 Å². The number of rotatable bonds is 16. The highest BCUT2D eigenvalue weighted by Gasteiger charge is 2.45. The topological polar surface area (TPSA) is 166 Å². The number of hydrogen-bond donors (Lipinski definition) is 3. The van der Waals surface area contributed by atoms with Crippen molar-refractivity contribution in [2.45, 2.75) is 102 Å². The van der Waals surface area contributed by atoms with Crippen LogP contribution in [0.1, 0.15) is 142 Å². The summed E-state index contributed by atoms with van der Waals surface area (Å²) in [5, 5.41) is 28.7. The highest BCUT2D eigenvalue weighted by molar-refractivity contribution is 5.90. The first-order valence-corrected chi connectivity index (χ1v) is 34.5. The average molecular weight is 1340 g/mol. The third-order valence-electron chi connectivity index (χ3n) is 19.0. The molecule has 0 amide bonds. The van der Waals surface area contributed by atoms with E-state index in [4.69, 9.17) is 19.3 Å². The van der Waals surface area contributed by atoms with Crippen LogP contribution >= 0.6 is 0 Å². The summed E-state index contributed by atoms with van der Waals surface area (Å²) in [4.78, 5) is 43.1. The Labute approximate surface area is 589 Å². The average Bonchev–Trinajstić information content (AvgIpc) is 0.760. The monoisotopic (exact) mass is 1330 g/mol. The number of aromatic carboxylic acids is 1. The van der Waals surface area contributed by atoms with Crippen molar-refractivity contribution in [3.8, 4) is 45.3 Å². The first kappa shape index (κ1) is 73.4. The second-order valence-electron chi connectivity index (χ2n) is 25.4. The van der Waals surface area contributed by atoms with Crippen LogP contribution in [-0.2, 0) is 29.9 Å². The molecule has 3 N–H and O–H groups in total. The SMILES string of the molecule is C1CCOC1.C=CC(=O)Oc1ccc(C(=O)O)cc1.C=CC(=O)Oc1ccc(C(=O)OC)cc1.Cc1ccc(C(c2ccc(C)cc2)(c2ccc(-c3ccccc3)cc2)C2CCCCC2)cc1.Oc1ccc(C(c2ccc(O)cc2)(c2ccc(-c3ccccc3)cc2)C2CCCCC2)cc1. The van der Waals surface area contributed by atoms with Crippen molar-refractivity contribution in [3.05, 3.63) is 336 Å². The summed E-state index contributed by atoms with van der Waals surface area (Å²) in [6, 6.07) is 85.4. The number of aryl methyl sites for hydroxylation is 2. The van der Waals surface area contributed by atoms with Gasteiger partial charge < -0.3 is 34.3 Å². The van der Waals surface area contributed by atoms with Crippen molar-refractivity contribution in [1.82, 2.24) is 0 Å². The number of carboxylic acids is 1. The van der Waals surface area contributed by atoms with Crippen LogP contribution < -0.4 is 9.47 Å². The predicted octanol–water partition coefficient (Wildman–Crippen LogP) is 20.4. The molecule has 100 heavy (non-hydrogen) atoms. The lowest BCUT2D eigenvalue weighted by molar-refractivity contribution is -0.129. The van der Waals surface area contributed by atoms with E-state index < -0.39 is 23.9 Å². The van der Waals surface area contributed by atoms with E-state index in [1.165, 1.54) is 187 Å². The Morgan fingerprint density at radius 3 is 0.980 bits per heavy atom. The maximum atomic E-state index is 11.1. The minimum Gasteiger partial charge on any atom is -0.508 e. The normalized spacial score (nSPS) is 13.6. The van der Waals surface area contributed by atoms with Crippen molar-refractivity contribution in [1.29, 1.82) is 0 Å². The highest BCUT2D eigenvalue weighted by Crippen LogP contribution is 2.53. The van der Waals surface area contributed by atoms with Gasteiger partial charge in [0.25, 0.3) is 0 Å². The summed E-state index contributed by atoms with van der Waals surface area (Å²) in [6.45, 7) is 12.9. The molecule has 13 rings (SSSR count). The van der Waals surface area contributed by atoms with Crippen molar-refractivity contribution in [2.24, 2.45) is 11.8 Å². The minimum atomic E-state index is -1.02. The molecule has 3 fully saturated rings. The second kappa shape index (κ2) is 36.6. The highest BCUT2D eigenvalue weighted by atomic mass is 16.5. The fourth-order valence-corrected chi connectivity index (χ4v) is 13.9. The lowest BCUT2D eigenvalue weighted by Crippen LogP contribution is -2.39. The summed E-state index contributed by atoms with van der Waals surface area (Å²) < 4.78 is 19.0. The van der Waals surface area contributed by atoms with Crippen LogP contribution in [0.2, 0.25) is 0 Å². The Balaban J connectivity index is 0.000000162. The largest absolute Gasteiger partial charge is 0.508 e. The van der Waals surface area contributed by atoms with Gasteiger partial charge in [-0.25, -0.2) is 19.2 Å². The number of phenols is 2. The van der Waals surface area contributed by atoms with Crippen molar-refractivity contribution in [3.63, 3.8) is 0 Å². The van der Waals surface area contributed by atoms with Crippen molar-refractivity contribution in [2.75, 3.05) is 20.3 Å². The van der Waals surface area contributed by atoms with E-state index >= 15 is 0 Å². The van der Waals surface area contributed by atoms with Gasteiger partial charge in [-0.3, -0.25) is 0 Å². The molecule has 0 unspecified atom stereocenters. The van der Waals surface area contributed by atoms with E-state index in [0.29, 0.717) is 28.9 Å². The fraction of sp³-hybridized carbons (Fsp3) is 0.236. The van der Waals surface area contributed by atoms with Gasteiger partial charge in [-0.15, -0.1) is 0 Å². The number of benzene rings is 10. The number of carbonyl (C=O) groups excluding carboxylic acids is 3. The number of phenolic OH excluding ortho intramolecular Hbond substituents is 2. The Kier molecular flexibility index (Phi) is 26.9. The molecule has 0 bridgehead atoms. The first-order chi connectivity index (χ1) is 48.6. The molecule has 10 aromatic carbocycles. The van der Waals surface area contributed by atoms with Gasteiger partial charge in [-0.05, 0) is 193 Å². The predicted molar refractivity (Wildman–Crippen MR) is 398 cm³/mol. The van der Waals surface area contributed by atoms with E-state index in [1.807, 2.05) is 6.07 Å². The Bertz CT molecular complexity index is 3900. The molecular formula is C89H90O11. The number of aromatic hydroxyl groups is 2. The third kappa shape index (κ3) is 19.1. The fourth-order valence-electron chi connectivity index (χ4n) is 13.9. The van der Waals surface area contributed by atoms with Gasteiger partial charge in [0.2, 0.25) is 0 Å². The zero-order chi connectivity index (χ0) is 70.7. The Hall–Kier alpha value is -10.9. The Morgan fingerprint density at radius 1 is 0.390 bits per heavy atom. The molecule has 10 aromatic rings. The zero-order valence-electron chi connectivity index (χ0n) is 57.5. The molecule has 1 saturated heterocycles. The molecule has 1 aliphatic heterocycles. The second-order valence-corrected chi connectivity index (χ2v) is 25.4. The van der Waals surface area contributed by atoms with Gasteiger partial charge in [0.15, 0.2) is 0 Å². The minimum absolute atomic E-state index is 0.128. The van der Waals surface area contributed by atoms with Crippen LogP contribution in [0.5, 0.6) is 23.0 Å². The van der Waals surface area contributed by atoms with Gasteiger partial charge in [0, 0.05) is 36.2 Å². The van der Waals surface area contributed by atoms with Crippen LogP contribution in [0.25, 0.3) is 22.3 Å². The maximum absolute atomic E-state index is 11.1. The molecule has 0 aromatic heterocycles.